The zero-order chi connectivity index (χ0) is 14.2. The van der Waals surface area contributed by atoms with Crippen LogP contribution in [0.4, 0.5) is 5.82 Å². The summed E-state index contributed by atoms with van der Waals surface area (Å²) in [5.41, 5.74) is 2.61. The normalized spacial score (nSPS) is 31.6. The number of nitrogens with one attached hydrogen (secondary N) is 1. The average Bonchev–Trinajstić information content (AvgIpc) is 3.26. The smallest absolute Gasteiger partial charge is 0.254 e. The number of aryl methyl sites for hydroxylation is 2. The van der Waals surface area contributed by atoms with Gasteiger partial charge >= 0.3 is 0 Å². The fourth-order valence-electron chi connectivity index (χ4n) is 4.69. The second-order valence-corrected chi connectivity index (χ2v) is 7.55. The molecule has 21 heavy (non-hydrogen) atoms. The lowest BCUT2D eigenvalue weighted by Gasteiger charge is -2.37. The van der Waals surface area contributed by atoms with Crippen LogP contribution in [-0.4, -0.2) is 26.1 Å². The van der Waals surface area contributed by atoms with E-state index in [0.29, 0.717) is 5.78 Å². The Morgan fingerprint density at radius 3 is 2.76 bits per heavy atom. The molecule has 3 aliphatic carbocycles. The van der Waals surface area contributed by atoms with Crippen molar-refractivity contribution in [3.05, 3.63) is 17.6 Å². The second-order valence-electron chi connectivity index (χ2n) is 7.55. The summed E-state index contributed by atoms with van der Waals surface area (Å²) in [6.45, 7) is 4.97. The van der Waals surface area contributed by atoms with E-state index in [1.54, 1.807) is 0 Å². The van der Waals surface area contributed by atoms with Gasteiger partial charge in [0.2, 0.25) is 0 Å². The number of hydrogen-bond donors (Lipinski definition) is 1. The van der Waals surface area contributed by atoms with Gasteiger partial charge in [0, 0.05) is 18.3 Å². The van der Waals surface area contributed by atoms with Crippen LogP contribution in [0.2, 0.25) is 0 Å². The Hall–Kier alpha value is -1.65. The highest BCUT2D eigenvalue weighted by Crippen LogP contribution is 2.86. The summed E-state index contributed by atoms with van der Waals surface area (Å²) in [6.07, 6.45) is 7.41. The number of fused-ring (bicyclic) bond motifs is 2. The van der Waals surface area contributed by atoms with Gasteiger partial charge in [-0.3, -0.25) is 0 Å². The Labute approximate surface area is 124 Å². The number of rotatable bonds is 3. The molecule has 0 unspecified atom stereocenters. The number of anilines is 1. The number of nitrogens with zero attached hydrogens (tertiary/aromatic N) is 4. The van der Waals surface area contributed by atoms with Gasteiger partial charge in [0.25, 0.3) is 5.78 Å². The molecule has 2 spiro atoms. The van der Waals surface area contributed by atoms with Crippen LogP contribution < -0.4 is 5.32 Å². The lowest BCUT2D eigenvalue weighted by atomic mass is 9.70. The minimum Gasteiger partial charge on any atom is -0.370 e. The summed E-state index contributed by atoms with van der Waals surface area (Å²) < 4.78 is 1.83. The van der Waals surface area contributed by atoms with E-state index in [1.165, 1.54) is 32.1 Å². The predicted octanol–water partition coefficient (Wildman–Crippen LogP) is 2.73. The molecule has 0 bridgehead atoms. The minimum absolute atomic E-state index is 0.694. The third-order valence-corrected chi connectivity index (χ3v) is 6.01. The third-order valence-electron chi connectivity index (χ3n) is 6.01. The molecule has 0 aliphatic heterocycles. The zero-order valence-corrected chi connectivity index (χ0v) is 12.7. The molecule has 3 saturated carbocycles. The third kappa shape index (κ3) is 1.60. The summed E-state index contributed by atoms with van der Waals surface area (Å²) in [7, 11) is 0. The van der Waals surface area contributed by atoms with Crippen molar-refractivity contribution in [1.29, 1.82) is 0 Å². The maximum atomic E-state index is 4.43. The molecule has 0 atom stereocenters. The Morgan fingerprint density at radius 2 is 2.05 bits per heavy atom. The monoisotopic (exact) mass is 283 g/mol. The summed E-state index contributed by atoms with van der Waals surface area (Å²) in [6, 6.07) is 2.06. The maximum Gasteiger partial charge on any atom is 0.254 e. The quantitative estimate of drug-likeness (QED) is 0.941. The van der Waals surface area contributed by atoms with Crippen molar-refractivity contribution >= 4 is 11.6 Å². The van der Waals surface area contributed by atoms with Crippen LogP contribution in [0.3, 0.4) is 0 Å². The molecule has 0 amide bonds. The molecule has 0 radical (unpaired) electrons. The van der Waals surface area contributed by atoms with Crippen LogP contribution in [0.15, 0.2) is 6.07 Å². The van der Waals surface area contributed by atoms with E-state index in [2.05, 4.69) is 26.4 Å². The maximum absolute atomic E-state index is 4.43. The fraction of sp³-hybridized carbons (Fsp3) is 0.688. The molecular weight excluding hydrogens is 262 g/mol. The Bertz CT molecular complexity index is 736. The first-order valence-corrected chi connectivity index (χ1v) is 8.04. The Morgan fingerprint density at radius 1 is 1.24 bits per heavy atom. The van der Waals surface area contributed by atoms with Crippen LogP contribution in [0, 0.1) is 30.6 Å². The minimum atomic E-state index is 0.694. The standard InChI is InChI=1S/C16H21N5/c1-10-5-13(21-14(18-10)19-11(2)20-21)17-8-12-6-16(7-12)9-15(16)3-4-15/h5,12,17H,3-4,6-9H2,1-2H3. The van der Waals surface area contributed by atoms with E-state index < -0.39 is 0 Å². The molecule has 1 N–H and O–H groups in total. The van der Waals surface area contributed by atoms with Gasteiger partial charge < -0.3 is 5.32 Å². The molecule has 110 valence electrons. The molecule has 0 saturated heterocycles. The second kappa shape index (κ2) is 3.57. The molecule has 3 aliphatic rings. The van der Waals surface area contributed by atoms with E-state index >= 15 is 0 Å². The van der Waals surface area contributed by atoms with E-state index in [-0.39, 0.29) is 0 Å². The molecule has 2 heterocycles. The van der Waals surface area contributed by atoms with Gasteiger partial charge in [-0.25, -0.2) is 4.98 Å². The van der Waals surface area contributed by atoms with Gasteiger partial charge in [-0.1, -0.05) is 0 Å². The van der Waals surface area contributed by atoms with Crippen LogP contribution in [0.1, 0.15) is 43.6 Å². The molecule has 5 nitrogen and oxygen atoms in total. The molecule has 0 aromatic carbocycles. The molecule has 2 aromatic rings. The Balaban J connectivity index is 1.30. The van der Waals surface area contributed by atoms with Gasteiger partial charge in [0.1, 0.15) is 11.6 Å². The molecule has 5 rings (SSSR count). The van der Waals surface area contributed by atoms with Crippen LogP contribution in [0.5, 0.6) is 0 Å². The Kier molecular flexibility index (Phi) is 2.03. The van der Waals surface area contributed by atoms with Crippen LogP contribution in [-0.2, 0) is 0 Å². The topological polar surface area (TPSA) is 55.1 Å². The molecule has 5 heteroatoms. The van der Waals surface area contributed by atoms with Crippen molar-refractivity contribution in [3.8, 4) is 0 Å². The SMILES string of the molecule is Cc1cc(NCC2CC3(C2)CC32CC2)n2nc(C)nc2n1. The highest BCUT2D eigenvalue weighted by atomic mass is 15.4. The van der Waals surface area contributed by atoms with Gasteiger partial charge in [0.05, 0.1) is 0 Å². The van der Waals surface area contributed by atoms with Crippen molar-refractivity contribution in [3.63, 3.8) is 0 Å². The first-order valence-electron chi connectivity index (χ1n) is 8.04. The van der Waals surface area contributed by atoms with Gasteiger partial charge in [0.15, 0.2) is 0 Å². The highest BCUT2D eigenvalue weighted by molar-refractivity contribution is 5.45. The van der Waals surface area contributed by atoms with E-state index in [9.17, 15) is 0 Å². The first kappa shape index (κ1) is 12.0. The lowest BCUT2D eigenvalue weighted by Crippen LogP contribution is -2.32. The van der Waals surface area contributed by atoms with Crippen molar-refractivity contribution in [2.45, 2.75) is 46.0 Å². The van der Waals surface area contributed by atoms with Crippen molar-refractivity contribution in [2.75, 3.05) is 11.9 Å². The van der Waals surface area contributed by atoms with Gasteiger partial charge in [-0.2, -0.15) is 9.50 Å². The van der Waals surface area contributed by atoms with Gasteiger partial charge in [-0.15, -0.1) is 5.10 Å². The average molecular weight is 283 g/mol. The predicted molar refractivity (Wildman–Crippen MR) is 80.2 cm³/mol. The van der Waals surface area contributed by atoms with Crippen molar-refractivity contribution in [1.82, 2.24) is 19.6 Å². The summed E-state index contributed by atoms with van der Waals surface area (Å²) in [5, 5.41) is 8.01. The van der Waals surface area contributed by atoms with E-state index in [4.69, 9.17) is 0 Å². The van der Waals surface area contributed by atoms with Crippen LogP contribution >= 0.6 is 0 Å². The summed E-state index contributed by atoms with van der Waals surface area (Å²) >= 11 is 0. The van der Waals surface area contributed by atoms with Gasteiger partial charge in [-0.05, 0) is 62.7 Å². The summed E-state index contributed by atoms with van der Waals surface area (Å²) in [4.78, 5) is 8.79. The largest absolute Gasteiger partial charge is 0.370 e. The molecular formula is C16H21N5. The van der Waals surface area contributed by atoms with Crippen LogP contribution in [0.25, 0.3) is 5.78 Å². The number of aromatic nitrogens is 4. The fourth-order valence-corrected chi connectivity index (χ4v) is 4.69. The molecule has 2 aromatic heterocycles. The summed E-state index contributed by atoms with van der Waals surface area (Å²) in [5.74, 6) is 3.32. The zero-order valence-electron chi connectivity index (χ0n) is 12.7. The van der Waals surface area contributed by atoms with E-state index in [1.807, 2.05) is 18.4 Å². The van der Waals surface area contributed by atoms with Crippen molar-refractivity contribution < 1.29 is 0 Å². The molecule has 3 fully saturated rings. The number of hydrogen-bond acceptors (Lipinski definition) is 4. The lowest BCUT2D eigenvalue weighted by molar-refractivity contribution is 0.154. The first-order chi connectivity index (χ1) is 10.1. The van der Waals surface area contributed by atoms with E-state index in [0.717, 1.165) is 40.6 Å². The van der Waals surface area contributed by atoms with Crippen molar-refractivity contribution in [2.24, 2.45) is 16.7 Å². The highest BCUT2D eigenvalue weighted by Gasteiger charge is 2.76.